The van der Waals surface area contributed by atoms with Crippen molar-refractivity contribution in [3.05, 3.63) is 0 Å². The smallest absolute Gasteiger partial charge is 0.0571 e. The number of ether oxygens (including phenoxy) is 1. The Kier molecular flexibility index (Phi) is 7.07. The van der Waals surface area contributed by atoms with Gasteiger partial charge in [0.25, 0.3) is 0 Å². The quantitative estimate of drug-likeness (QED) is 0.534. The van der Waals surface area contributed by atoms with Crippen LogP contribution in [-0.2, 0) is 4.74 Å². The summed E-state index contributed by atoms with van der Waals surface area (Å²) in [6, 6.07) is 0. The Morgan fingerprint density at radius 1 is 0.667 bits per heavy atom. The van der Waals surface area contributed by atoms with Gasteiger partial charge in [0.05, 0.1) is 6.10 Å². The molecule has 3 saturated carbocycles. The van der Waals surface area contributed by atoms with E-state index in [0.29, 0.717) is 6.10 Å². The fourth-order valence-electron chi connectivity index (χ4n) is 6.40. The molecule has 0 bridgehead atoms. The van der Waals surface area contributed by atoms with E-state index in [2.05, 4.69) is 13.8 Å². The Hall–Kier alpha value is -0.0400. The van der Waals surface area contributed by atoms with Gasteiger partial charge in [-0.05, 0) is 113 Å². The second-order valence-electron chi connectivity index (χ2n) is 9.51. The SMILES string of the molecule is CCC(C)C1CCC(C2CCC(C3CCC(OC)CC3)CC2)CC1. The zero-order valence-electron chi connectivity index (χ0n) is 16.6. The molecule has 3 aliphatic rings. The maximum absolute atomic E-state index is 5.56. The largest absolute Gasteiger partial charge is 0.381 e. The van der Waals surface area contributed by atoms with Crippen molar-refractivity contribution in [1.29, 1.82) is 0 Å². The van der Waals surface area contributed by atoms with Crippen molar-refractivity contribution >= 4 is 0 Å². The van der Waals surface area contributed by atoms with E-state index in [9.17, 15) is 0 Å². The summed E-state index contributed by atoms with van der Waals surface area (Å²) in [5, 5.41) is 0. The van der Waals surface area contributed by atoms with Crippen molar-refractivity contribution in [2.24, 2.45) is 35.5 Å². The van der Waals surface area contributed by atoms with Crippen LogP contribution in [0.4, 0.5) is 0 Å². The molecular weight excluding hydrogens is 292 g/mol. The molecule has 3 aliphatic carbocycles. The summed E-state index contributed by atoms with van der Waals surface area (Å²) in [5.74, 6) is 6.24. The predicted molar refractivity (Wildman–Crippen MR) is 103 cm³/mol. The summed E-state index contributed by atoms with van der Waals surface area (Å²) in [4.78, 5) is 0. The van der Waals surface area contributed by atoms with E-state index in [1.807, 2.05) is 7.11 Å². The lowest BCUT2D eigenvalue weighted by Gasteiger charge is -2.42. The minimum Gasteiger partial charge on any atom is -0.381 e. The second kappa shape index (κ2) is 9.06. The molecule has 1 heteroatoms. The van der Waals surface area contributed by atoms with Crippen LogP contribution < -0.4 is 0 Å². The molecule has 0 aromatic rings. The van der Waals surface area contributed by atoms with Crippen molar-refractivity contribution < 1.29 is 4.74 Å². The van der Waals surface area contributed by atoms with Gasteiger partial charge in [0.1, 0.15) is 0 Å². The molecule has 0 radical (unpaired) electrons. The first-order valence-corrected chi connectivity index (χ1v) is 11.2. The van der Waals surface area contributed by atoms with Crippen LogP contribution in [0.15, 0.2) is 0 Å². The molecule has 1 nitrogen and oxygen atoms in total. The zero-order valence-corrected chi connectivity index (χ0v) is 16.6. The summed E-state index contributed by atoms with van der Waals surface area (Å²) in [7, 11) is 1.90. The summed E-state index contributed by atoms with van der Waals surface area (Å²) in [6.45, 7) is 4.85. The van der Waals surface area contributed by atoms with Crippen LogP contribution in [0, 0.1) is 35.5 Å². The third-order valence-electron chi connectivity index (χ3n) is 8.47. The Labute approximate surface area is 151 Å². The molecule has 3 rings (SSSR count). The first-order valence-electron chi connectivity index (χ1n) is 11.2. The van der Waals surface area contributed by atoms with Gasteiger partial charge in [0.2, 0.25) is 0 Å². The average Bonchev–Trinajstić information content (AvgIpc) is 2.68. The lowest BCUT2D eigenvalue weighted by molar-refractivity contribution is 0.0351. The van der Waals surface area contributed by atoms with Crippen LogP contribution in [0.1, 0.15) is 97.3 Å². The first kappa shape index (κ1) is 18.7. The van der Waals surface area contributed by atoms with Crippen LogP contribution in [-0.4, -0.2) is 13.2 Å². The van der Waals surface area contributed by atoms with Crippen LogP contribution in [0.5, 0.6) is 0 Å². The minimum absolute atomic E-state index is 0.568. The Bertz CT molecular complexity index is 341. The van der Waals surface area contributed by atoms with Crippen molar-refractivity contribution in [3.8, 4) is 0 Å². The third-order valence-corrected chi connectivity index (χ3v) is 8.47. The Morgan fingerprint density at radius 2 is 1.04 bits per heavy atom. The molecule has 1 atom stereocenters. The maximum atomic E-state index is 5.56. The number of hydrogen-bond donors (Lipinski definition) is 0. The van der Waals surface area contributed by atoms with Crippen molar-refractivity contribution in [3.63, 3.8) is 0 Å². The van der Waals surface area contributed by atoms with E-state index in [-0.39, 0.29) is 0 Å². The van der Waals surface area contributed by atoms with E-state index in [4.69, 9.17) is 4.74 Å². The molecule has 0 saturated heterocycles. The summed E-state index contributed by atoms with van der Waals surface area (Å²) < 4.78 is 5.56. The highest BCUT2D eigenvalue weighted by molar-refractivity contribution is 4.86. The van der Waals surface area contributed by atoms with Gasteiger partial charge in [-0.1, -0.05) is 20.3 Å². The summed E-state index contributed by atoms with van der Waals surface area (Å²) >= 11 is 0. The molecule has 0 aliphatic heterocycles. The average molecular weight is 335 g/mol. The highest BCUT2D eigenvalue weighted by atomic mass is 16.5. The van der Waals surface area contributed by atoms with Crippen LogP contribution >= 0.6 is 0 Å². The lowest BCUT2D eigenvalue weighted by Crippen LogP contribution is -2.31. The van der Waals surface area contributed by atoms with E-state index in [0.717, 1.165) is 35.5 Å². The van der Waals surface area contributed by atoms with Gasteiger partial charge in [-0.3, -0.25) is 0 Å². The lowest BCUT2D eigenvalue weighted by atomic mass is 9.64. The van der Waals surface area contributed by atoms with Crippen LogP contribution in [0.3, 0.4) is 0 Å². The molecule has 0 N–H and O–H groups in total. The monoisotopic (exact) mass is 334 g/mol. The molecule has 24 heavy (non-hydrogen) atoms. The predicted octanol–water partition coefficient (Wildman–Crippen LogP) is 6.85. The number of methoxy groups -OCH3 is 1. The molecule has 0 aromatic carbocycles. The standard InChI is InChI=1S/C23H42O/c1-4-17(2)18-5-7-19(8-6-18)20-9-11-21(12-10-20)22-13-15-23(24-3)16-14-22/h17-23H,4-16H2,1-3H3. The zero-order chi connectivity index (χ0) is 16.9. The molecule has 1 unspecified atom stereocenters. The molecule has 0 spiro atoms. The Morgan fingerprint density at radius 3 is 1.42 bits per heavy atom. The maximum Gasteiger partial charge on any atom is 0.0571 e. The normalized spacial score (nSPS) is 42.6. The fraction of sp³-hybridized carbons (Fsp3) is 1.00. The second-order valence-corrected chi connectivity index (χ2v) is 9.51. The summed E-state index contributed by atoms with van der Waals surface area (Å²) in [5.41, 5.74) is 0. The highest BCUT2D eigenvalue weighted by Crippen LogP contribution is 2.46. The fourth-order valence-corrected chi connectivity index (χ4v) is 6.40. The Balaban J connectivity index is 1.38. The first-order chi connectivity index (χ1) is 11.7. The number of hydrogen-bond acceptors (Lipinski definition) is 1. The van der Waals surface area contributed by atoms with Crippen molar-refractivity contribution in [2.45, 2.75) is 103 Å². The van der Waals surface area contributed by atoms with Crippen molar-refractivity contribution in [1.82, 2.24) is 0 Å². The molecule has 0 aromatic heterocycles. The van der Waals surface area contributed by atoms with Crippen molar-refractivity contribution in [2.75, 3.05) is 7.11 Å². The topological polar surface area (TPSA) is 9.23 Å². The van der Waals surface area contributed by atoms with E-state index in [1.165, 1.54) is 57.8 Å². The molecule has 3 fully saturated rings. The van der Waals surface area contributed by atoms with E-state index in [1.54, 1.807) is 25.7 Å². The van der Waals surface area contributed by atoms with E-state index >= 15 is 0 Å². The van der Waals surface area contributed by atoms with Gasteiger partial charge in [-0.25, -0.2) is 0 Å². The molecule has 140 valence electrons. The van der Waals surface area contributed by atoms with E-state index < -0.39 is 0 Å². The van der Waals surface area contributed by atoms with Gasteiger partial charge < -0.3 is 4.74 Å². The van der Waals surface area contributed by atoms with Gasteiger partial charge in [-0.2, -0.15) is 0 Å². The van der Waals surface area contributed by atoms with Gasteiger partial charge in [0.15, 0.2) is 0 Å². The molecular formula is C23H42O. The van der Waals surface area contributed by atoms with Crippen LogP contribution in [0.2, 0.25) is 0 Å². The van der Waals surface area contributed by atoms with Gasteiger partial charge in [0, 0.05) is 7.11 Å². The molecule has 0 heterocycles. The highest BCUT2D eigenvalue weighted by Gasteiger charge is 2.35. The minimum atomic E-state index is 0.568. The third kappa shape index (κ3) is 4.57. The van der Waals surface area contributed by atoms with Crippen LogP contribution in [0.25, 0.3) is 0 Å². The number of rotatable bonds is 5. The van der Waals surface area contributed by atoms with Gasteiger partial charge in [-0.15, -0.1) is 0 Å². The molecule has 0 amide bonds. The summed E-state index contributed by atoms with van der Waals surface area (Å²) in [6.07, 6.45) is 19.8. The van der Waals surface area contributed by atoms with Gasteiger partial charge >= 0.3 is 0 Å².